The predicted molar refractivity (Wildman–Crippen MR) is 73.9 cm³/mol. The van der Waals surface area contributed by atoms with E-state index in [1.165, 1.54) is 0 Å². The molecule has 3 heterocycles. The van der Waals surface area contributed by atoms with Crippen molar-refractivity contribution in [1.29, 1.82) is 0 Å². The van der Waals surface area contributed by atoms with Gasteiger partial charge in [-0.1, -0.05) is 11.8 Å². The van der Waals surface area contributed by atoms with Crippen molar-refractivity contribution in [3.05, 3.63) is 29.6 Å². The lowest BCUT2D eigenvalue weighted by molar-refractivity contribution is 0.0837. The second-order valence-electron chi connectivity index (χ2n) is 5.10. The number of amides is 1. The van der Waals surface area contributed by atoms with Gasteiger partial charge in [0.2, 0.25) is 0 Å². The first-order valence-electron chi connectivity index (χ1n) is 6.88. The molecule has 2 bridgehead atoms. The molecule has 2 aliphatic heterocycles. The van der Waals surface area contributed by atoms with Crippen molar-refractivity contribution in [3.8, 4) is 11.8 Å². The highest BCUT2D eigenvalue weighted by molar-refractivity contribution is 5.95. The molecule has 5 heteroatoms. The average Bonchev–Trinajstić information content (AvgIpc) is 3.08. The summed E-state index contributed by atoms with van der Waals surface area (Å²) in [5.41, 5.74) is 6.33. The van der Waals surface area contributed by atoms with E-state index >= 15 is 0 Å². The molecule has 0 saturated carbocycles. The van der Waals surface area contributed by atoms with Gasteiger partial charge in [0.25, 0.3) is 5.91 Å². The molecule has 1 aromatic rings. The topological polar surface area (TPSA) is 77.2 Å². The van der Waals surface area contributed by atoms with E-state index in [4.69, 9.17) is 10.5 Å². The monoisotopic (exact) mass is 271 g/mol. The fourth-order valence-electron chi connectivity index (χ4n) is 2.86. The lowest BCUT2D eigenvalue weighted by atomic mass is 9.95. The van der Waals surface area contributed by atoms with E-state index in [9.17, 15) is 4.79 Å². The first-order chi connectivity index (χ1) is 9.78. The molecule has 2 fully saturated rings. The Morgan fingerprint density at radius 3 is 3.15 bits per heavy atom. The van der Waals surface area contributed by atoms with Crippen molar-refractivity contribution in [2.45, 2.75) is 37.5 Å². The molecule has 104 valence electrons. The van der Waals surface area contributed by atoms with Crippen LogP contribution in [-0.2, 0) is 4.74 Å². The van der Waals surface area contributed by atoms with Gasteiger partial charge in [0.05, 0.1) is 30.4 Å². The second-order valence-corrected chi connectivity index (χ2v) is 5.10. The van der Waals surface area contributed by atoms with Gasteiger partial charge < -0.3 is 15.8 Å². The van der Waals surface area contributed by atoms with E-state index in [0.717, 1.165) is 19.3 Å². The maximum absolute atomic E-state index is 12.3. The molecule has 0 aliphatic carbocycles. The fourth-order valence-corrected chi connectivity index (χ4v) is 2.86. The van der Waals surface area contributed by atoms with E-state index in [2.05, 4.69) is 22.1 Å². The molecule has 3 atom stereocenters. The summed E-state index contributed by atoms with van der Waals surface area (Å²) in [5.74, 6) is 5.45. The van der Waals surface area contributed by atoms with E-state index in [-0.39, 0.29) is 24.6 Å². The number of nitrogens with two attached hydrogens (primary N) is 1. The number of pyridine rings is 1. The molecular weight excluding hydrogens is 254 g/mol. The van der Waals surface area contributed by atoms with Crippen LogP contribution in [0.3, 0.4) is 0 Å². The Morgan fingerprint density at radius 2 is 2.45 bits per heavy atom. The Labute approximate surface area is 117 Å². The van der Waals surface area contributed by atoms with Crippen LogP contribution in [0.4, 0.5) is 0 Å². The molecule has 1 aromatic heterocycles. The number of nitrogens with zero attached hydrogens (tertiary/aromatic N) is 1. The van der Waals surface area contributed by atoms with Gasteiger partial charge in [-0.05, 0) is 31.4 Å². The quantitative estimate of drug-likeness (QED) is 0.765. The Balaban J connectivity index is 1.74. The predicted octanol–water partition coefficient (Wildman–Crippen LogP) is 0.441. The third kappa shape index (κ3) is 2.53. The van der Waals surface area contributed by atoms with Crippen LogP contribution in [0, 0.1) is 11.8 Å². The van der Waals surface area contributed by atoms with Crippen LogP contribution >= 0.6 is 0 Å². The number of hydrogen-bond acceptors (Lipinski definition) is 4. The minimum absolute atomic E-state index is 0.0959. The molecule has 1 amide bonds. The molecule has 0 spiro atoms. The Hall–Kier alpha value is -1.90. The van der Waals surface area contributed by atoms with Crippen LogP contribution < -0.4 is 11.1 Å². The summed E-state index contributed by atoms with van der Waals surface area (Å²) in [4.78, 5) is 16.5. The van der Waals surface area contributed by atoms with Crippen LogP contribution in [0.2, 0.25) is 0 Å². The average molecular weight is 271 g/mol. The van der Waals surface area contributed by atoms with Crippen LogP contribution in [0.5, 0.6) is 0 Å². The van der Waals surface area contributed by atoms with Gasteiger partial charge in [0.15, 0.2) is 0 Å². The van der Waals surface area contributed by atoms with Crippen molar-refractivity contribution in [3.63, 3.8) is 0 Å². The maximum Gasteiger partial charge on any atom is 0.271 e. The normalized spacial score (nSPS) is 26.9. The Bertz CT molecular complexity index is 576. The molecule has 5 nitrogen and oxygen atoms in total. The van der Waals surface area contributed by atoms with Gasteiger partial charge in [-0.2, -0.15) is 0 Å². The standard InChI is InChI=1S/C15H17N3O2/c16-7-1-3-10-4-2-8-17-14(10)15(19)18-12-9-11-5-6-13(12)20-11/h2,4,8,11-13H,5-7,9,16H2,(H,18,19). The molecule has 3 unspecified atom stereocenters. The molecule has 2 saturated heterocycles. The minimum Gasteiger partial charge on any atom is -0.373 e. The van der Waals surface area contributed by atoms with Gasteiger partial charge in [-0.25, -0.2) is 4.98 Å². The fraction of sp³-hybridized carbons (Fsp3) is 0.467. The first-order valence-corrected chi connectivity index (χ1v) is 6.88. The summed E-state index contributed by atoms with van der Waals surface area (Å²) in [6.07, 6.45) is 5.09. The van der Waals surface area contributed by atoms with Gasteiger partial charge in [-0.3, -0.25) is 4.79 Å². The molecular formula is C15H17N3O2. The van der Waals surface area contributed by atoms with Gasteiger partial charge >= 0.3 is 0 Å². The number of carbonyl (C=O) groups is 1. The zero-order valence-electron chi connectivity index (χ0n) is 11.1. The summed E-state index contributed by atoms with van der Waals surface area (Å²) < 4.78 is 5.74. The van der Waals surface area contributed by atoms with E-state index < -0.39 is 0 Å². The number of aromatic nitrogens is 1. The number of nitrogens with one attached hydrogen (secondary N) is 1. The summed E-state index contributed by atoms with van der Waals surface area (Å²) in [7, 11) is 0. The largest absolute Gasteiger partial charge is 0.373 e. The number of ether oxygens (including phenoxy) is 1. The highest BCUT2D eigenvalue weighted by Gasteiger charge is 2.41. The van der Waals surface area contributed by atoms with Crippen molar-refractivity contribution < 1.29 is 9.53 Å². The highest BCUT2D eigenvalue weighted by Crippen LogP contribution is 2.34. The molecule has 0 aromatic carbocycles. The highest BCUT2D eigenvalue weighted by atomic mass is 16.5. The lowest BCUT2D eigenvalue weighted by Crippen LogP contribution is -2.41. The first kappa shape index (κ1) is 13.1. The van der Waals surface area contributed by atoms with Crippen LogP contribution in [0.25, 0.3) is 0 Å². The Kier molecular flexibility index (Phi) is 3.68. The molecule has 2 aliphatic rings. The molecule has 20 heavy (non-hydrogen) atoms. The second kappa shape index (κ2) is 5.61. The smallest absolute Gasteiger partial charge is 0.271 e. The van der Waals surface area contributed by atoms with Crippen LogP contribution in [-0.4, -0.2) is 35.7 Å². The number of fused-ring (bicyclic) bond motifs is 2. The van der Waals surface area contributed by atoms with Crippen molar-refractivity contribution in [2.24, 2.45) is 5.73 Å². The molecule has 3 N–H and O–H groups in total. The van der Waals surface area contributed by atoms with Gasteiger partial charge in [0, 0.05) is 6.20 Å². The summed E-state index contributed by atoms with van der Waals surface area (Å²) >= 11 is 0. The molecule has 0 radical (unpaired) electrons. The number of hydrogen-bond donors (Lipinski definition) is 2. The maximum atomic E-state index is 12.3. The van der Waals surface area contributed by atoms with E-state index in [1.807, 2.05) is 0 Å². The van der Waals surface area contributed by atoms with Crippen molar-refractivity contribution >= 4 is 5.91 Å². The summed E-state index contributed by atoms with van der Waals surface area (Å²) in [5, 5.41) is 3.02. The summed E-state index contributed by atoms with van der Waals surface area (Å²) in [6, 6.07) is 3.64. The summed E-state index contributed by atoms with van der Waals surface area (Å²) in [6.45, 7) is 0.260. The van der Waals surface area contributed by atoms with Crippen molar-refractivity contribution in [2.75, 3.05) is 6.54 Å². The van der Waals surface area contributed by atoms with Crippen LogP contribution in [0.15, 0.2) is 18.3 Å². The van der Waals surface area contributed by atoms with Crippen LogP contribution in [0.1, 0.15) is 35.3 Å². The zero-order valence-corrected chi connectivity index (χ0v) is 11.1. The SMILES string of the molecule is NCC#Cc1cccnc1C(=O)NC1CC2CCC1O2. The minimum atomic E-state index is -0.187. The third-order valence-electron chi connectivity index (χ3n) is 3.77. The van der Waals surface area contributed by atoms with Crippen molar-refractivity contribution in [1.82, 2.24) is 10.3 Å². The van der Waals surface area contributed by atoms with E-state index in [1.54, 1.807) is 18.3 Å². The molecule has 3 rings (SSSR count). The zero-order chi connectivity index (χ0) is 13.9. The van der Waals surface area contributed by atoms with Gasteiger partial charge in [-0.15, -0.1) is 0 Å². The van der Waals surface area contributed by atoms with E-state index in [0.29, 0.717) is 17.4 Å². The third-order valence-corrected chi connectivity index (χ3v) is 3.77. The lowest BCUT2D eigenvalue weighted by Gasteiger charge is -2.19. The van der Waals surface area contributed by atoms with Gasteiger partial charge in [0.1, 0.15) is 5.69 Å². The number of rotatable bonds is 2. The number of carbonyl (C=O) groups excluding carboxylic acids is 1. The Morgan fingerprint density at radius 1 is 1.55 bits per heavy atom.